The molecule has 3 aliphatic heterocycles. The van der Waals surface area contributed by atoms with E-state index in [0.29, 0.717) is 43.1 Å². The summed E-state index contributed by atoms with van der Waals surface area (Å²) in [5.41, 5.74) is 10.6. The molecule has 10 nitrogen and oxygen atoms in total. The van der Waals surface area contributed by atoms with Crippen molar-refractivity contribution in [1.29, 1.82) is 5.41 Å². The number of esters is 1. The molecule has 2 aromatic rings. The Balaban J connectivity index is 1.32. The predicted octanol–water partition coefficient (Wildman–Crippen LogP) is 3.07. The lowest BCUT2D eigenvalue weighted by Gasteiger charge is -2.33. The van der Waals surface area contributed by atoms with Crippen molar-refractivity contribution in [2.75, 3.05) is 33.0 Å². The van der Waals surface area contributed by atoms with Crippen molar-refractivity contribution in [3.63, 3.8) is 0 Å². The van der Waals surface area contributed by atoms with Gasteiger partial charge in [-0.05, 0) is 59.9 Å². The number of aliphatic imine (C=N–C) groups is 1. The van der Waals surface area contributed by atoms with Crippen molar-refractivity contribution in [2.45, 2.75) is 38.1 Å². The fourth-order valence-electron chi connectivity index (χ4n) is 6.29. The van der Waals surface area contributed by atoms with Gasteiger partial charge in [-0.25, -0.2) is 12.7 Å². The number of nitrogens with one attached hydrogen (secondary N) is 1. The molecule has 0 spiro atoms. The number of rotatable bonds is 8. The van der Waals surface area contributed by atoms with Gasteiger partial charge >= 0.3 is 5.97 Å². The first kappa shape index (κ1) is 29.7. The maximum atomic E-state index is 13.9. The maximum Gasteiger partial charge on any atom is 0.309 e. The summed E-state index contributed by atoms with van der Waals surface area (Å²) in [6.07, 6.45) is 6.28. The standard InChI is InChI=1S/C31H37N5O5S/c1-41-29(37)15-20-3-5-21(6-4-20)25-16-27(34-18-25)28-17-26(22-11-13-35(14-12-22)42(2,39)40)19-36(28)31(38)24-9-7-23(8-10-24)30(32)33/h3-10,18,22,26,28H,11-17,19H2,1-2H3,(H3,32,33)/t26-,28-/m0/s1. The van der Waals surface area contributed by atoms with Crippen LogP contribution >= 0.6 is 0 Å². The number of carbonyl (C=O) groups is 2. The average molecular weight is 592 g/mol. The molecule has 2 aromatic carbocycles. The van der Waals surface area contributed by atoms with Crippen LogP contribution in [0.15, 0.2) is 59.7 Å². The molecule has 3 aliphatic rings. The molecular formula is C31H37N5O5S. The van der Waals surface area contributed by atoms with Gasteiger partial charge < -0.3 is 15.4 Å². The van der Waals surface area contributed by atoms with Gasteiger partial charge in [0.15, 0.2) is 0 Å². The van der Waals surface area contributed by atoms with E-state index < -0.39 is 10.0 Å². The van der Waals surface area contributed by atoms with E-state index in [9.17, 15) is 18.0 Å². The molecule has 1 amide bonds. The zero-order chi connectivity index (χ0) is 30.0. The number of likely N-dealkylation sites (tertiary alicyclic amines) is 1. The van der Waals surface area contributed by atoms with Gasteiger partial charge in [0.1, 0.15) is 5.84 Å². The van der Waals surface area contributed by atoms with Crippen molar-refractivity contribution in [3.8, 4) is 0 Å². The highest BCUT2D eigenvalue weighted by molar-refractivity contribution is 7.88. The van der Waals surface area contributed by atoms with Crippen LogP contribution in [0.2, 0.25) is 0 Å². The van der Waals surface area contributed by atoms with E-state index in [1.807, 2.05) is 35.4 Å². The van der Waals surface area contributed by atoms with Crippen LogP contribution < -0.4 is 5.73 Å². The molecule has 0 radical (unpaired) electrons. The minimum Gasteiger partial charge on any atom is -0.469 e. The van der Waals surface area contributed by atoms with Crippen LogP contribution in [-0.2, 0) is 26.0 Å². The van der Waals surface area contributed by atoms with Crippen LogP contribution in [0.3, 0.4) is 0 Å². The SMILES string of the molecule is COC(=O)Cc1ccc(C2=CN=C([C@@H]3C[C@H](C4CCN(S(C)(=O)=O)CC4)CN3C(=O)c3ccc(C(=N)N)cc3)C2)cc1. The second-order valence-corrected chi connectivity index (χ2v) is 13.3. The Hall–Kier alpha value is -3.83. The topological polar surface area (TPSA) is 146 Å². The molecule has 3 N–H and O–H groups in total. The summed E-state index contributed by atoms with van der Waals surface area (Å²) in [5, 5.41) is 7.66. The number of nitrogens with two attached hydrogens (primary N) is 1. The monoisotopic (exact) mass is 591 g/mol. The maximum absolute atomic E-state index is 13.9. The largest absolute Gasteiger partial charge is 0.469 e. The van der Waals surface area contributed by atoms with Crippen LogP contribution in [0.5, 0.6) is 0 Å². The molecule has 0 aliphatic carbocycles. The Morgan fingerprint density at radius 3 is 2.26 bits per heavy atom. The summed E-state index contributed by atoms with van der Waals surface area (Å²) < 4.78 is 30.4. The van der Waals surface area contributed by atoms with E-state index in [-0.39, 0.29) is 36.1 Å². The Bertz CT molecular complexity index is 1520. The molecule has 11 heteroatoms. The van der Waals surface area contributed by atoms with Gasteiger partial charge in [0.05, 0.1) is 25.8 Å². The normalized spacial score (nSPS) is 21.6. The first-order valence-corrected chi connectivity index (χ1v) is 16.0. The van der Waals surface area contributed by atoms with Crippen LogP contribution in [-0.4, -0.2) is 80.1 Å². The number of benzene rings is 2. The smallest absolute Gasteiger partial charge is 0.309 e. The number of amidine groups is 1. The Labute approximate surface area is 246 Å². The lowest BCUT2D eigenvalue weighted by Crippen LogP contribution is -2.41. The number of nitrogen functional groups attached to an aromatic ring is 1. The molecule has 222 valence electrons. The number of allylic oxidation sites excluding steroid dienone is 1. The summed E-state index contributed by atoms with van der Waals surface area (Å²) >= 11 is 0. The van der Waals surface area contributed by atoms with Gasteiger partial charge in [0.25, 0.3) is 5.91 Å². The zero-order valence-corrected chi connectivity index (χ0v) is 24.8. The summed E-state index contributed by atoms with van der Waals surface area (Å²) in [7, 11) is -1.84. The van der Waals surface area contributed by atoms with Crippen molar-refractivity contribution in [3.05, 3.63) is 77.0 Å². The summed E-state index contributed by atoms with van der Waals surface area (Å²) in [6, 6.07) is 14.4. The molecule has 0 aromatic heterocycles. The minimum atomic E-state index is -3.21. The van der Waals surface area contributed by atoms with Crippen molar-refractivity contribution in [1.82, 2.24) is 9.21 Å². The molecule has 5 rings (SSSR count). The molecule has 0 bridgehead atoms. The lowest BCUT2D eigenvalue weighted by atomic mass is 9.82. The third-order valence-corrected chi connectivity index (χ3v) is 10.0. The number of ether oxygens (including phenoxy) is 1. The average Bonchev–Trinajstić information content (AvgIpc) is 3.65. The quantitative estimate of drug-likeness (QED) is 0.274. The van der Waals surface area contributed by atoms with E-state index in [1.54, 1.807) is 28.6 Å². The van der Waals surface area contributed by atoms with Gasteiger partial charge in [-0.1, -0.05) is 36.4 Å². The van der Waals surface area contributed by atoms with Crippen LogP contribution in [0.1, 0.15) is 52.7 Å². The van der Waals surface area contributed by atoms with Crippen LogP contribution in [0, 0.1) is 17.2 Å². The van der Waals surface area contributed by atoms with Gasteiger partial charge in [0, 0.05) is 49.1 Å². The van der Waals surface area contributed by atoms with Gasteiger partial charge in [0.2, 0.25) is 10.0 Å². The molecule has 2 saturated heterocycles. The zero-order valence-electron chi connectivity index (χ0n) is 24.0. The Morgan fingerprint density at radius 2 is 1.67 bits per heavy atom. The van der Waals surface area contributed by atoms with Gasteiger partial charge in [-0.2, -0.15) is 0 Å². The predicted molar refractivity (Wildman–Crippen MR) is 162 cm³/mol. The molecule has 2 fully saturated rings. The molecule has 0 saturated carbocycles. The lowest BCUT2D eigenvalue weighted by molar-refractivity contribution is -0.139. The molecule has 42 heavy (non-hydrogen) atoms. The van der Waals surface area contributed by atoms with Gasteiger partial charge in [-0.15, -0.1) is 0 Å². The number of amides is 1. The van der Waals surface area contributed by atoms with Crippen molar-refractivity contribution >= 4 is 39.0 Å². The fourth-order valence-corrected chi connectivity index (χ4v) is 7.16. The molecule has 3 heterocycles. The van der Waals surface area contributed by atoms with Crippen molar-refractivity contribution in [2.24, 2.45) is 22.6 Å². The number of hydrogen-bond donors (Lipinski definition) is 2. The highest BCUT2D eigenvalue weighted by atomic mass is 32.2. The minimum absolute atomic E-state index is 0.0502. The highest BCUT2D eigenvalue weighted by Crippen LogP contribution is 2.39. The number of sulfonamides is 1. The number of carbonyl (C=O) groups excluding carboxylic acids is 2. The van der Waals surface area contributed by atoms with Gasteiger partial charge in [-0.3, -0.25) is 20.0 Å². The van der Waals surface area contributed by atoms with E-state index in [4.69, 9.17) is 20.9 Å². The third kappa shape index (κ3) is 6.47. The van der Waals surface area contributed by atoms with E-state index >= 15 is 0 Å². The number of nitrogens with zero attached hydrogens (tertiary/aromatic N) is 3. The fraction of sp³-hybridized carbons (Fsp3) is 0.419. The Morgan fingerprint density at radius 1 is 1.02 bits per heavy atom. The number of methoxy groups -OCH3 is 1. The van der Waals surface area contributed by atoms with E-state index in [0.717, 1.165) is 41.7 Å². The molecule has 0 unspecified atom stereocenters. The third-order valence-electron chi connectivity index (χ3n) is 8.71. The van der Waals surface area contributed by atoms with E-state index in [1.165, 1.54) is 13.4 Å². The summed E-state index contributed by atoms with van der Waals surface area (Å²) in [4.78, 5) is 32.2. The van der Waals surface area contributed by atoms with E-state index in [2.05, 4.69) is 0 Å². The second-order valence-electron chi connectivity index (χ2n) is 11.4. The van der Waals surface area contributed by atoms with Crippen molar-refractivity contribution < 1.29 is 22.7 Å². The van der Waals surface area contributed by atoms with Crippen LogP contribution in [0.4, 0.5) is 0 Å². The first-order valence-electron chi connectivity index (χ1n) is 14.2. The second kappa shape index (κ2) is 12.2. The Kier molecular flexibility index (Phi) is 8.60. The number of piperidine rings is 1. The van der Waals surface area contributed by atoms with Crippen LogP contribution in [0.25, 0.3) is 5.57 Å². The molecule has 2 atom stereocenters. The summed E-state index contributed by atoms with van der Waals surface area (Å²) in [6.45, 7) is 1.59. The number of hydrogen-bond acceptors (Lipinski definition) is 7. The summed E-state index contributed by atoms with van der Waals surface area (Å²) in [5.74, 6) is 0.133. The first-order chi connectivity index (χ1) is 20.0. The molecular weight excluding hydrogens is 554 g/mol. The highest BCUT2D eigenvalue weighted by Gasteiger charge is 2.43.